The quantitative estimate of drug-likeness (QED) is 0.895. The first-order valence-corrected chi connectivity index (χ1v) is 7.98. The van der Waals surface area contributed by atoms with E-state index in [1.165, 1.54) is 5.56 Å². The number of rotatable bonds is 3. The molecule has 0 bridgehead atoms. The molecule has 2 aliphatic rings. The Morgan fingerprint density at radius 2 is 2.09 bits per heavy atom. The van der Waals surface area contributed by atoms with E-state index in [2.05, 4.69) is 16.7 Å². The number of benzene rings is 1. The first-order valence-electron chi connectivity index (χ1n) is 7.60. The molecule has 1 aliphatic heterocycles. The number of nitrogens with zero attached hydrogens (tertiary/aromatic N) is 1. The summed E-state index contributed by atoms with van der Waals surface area (Å²) in [7, 11) is 1.75. The highest BCUT2D eigenvalue weighted by Gasteiger charge is 2.34. The Hall–Kier alpha value is -1.75. The molecule has 3 rings (SSSR count). The third kappa shape index (κ3) is 3.19. The van der Waals surface area contributed by atoms with E-state index in [0.717, 1.165) is 17.9 Å². The number of hydrogen-bond donors (Lipinski definition) is 2. The van der Waals surface area contributed by atoms with Crippen LogP contribution in [0.4, 0.5) is 4.79 Å². The van der Waals surface area contributed by atoms with Crippen LogP contribution in [0.25, 0.3) is 0 Å². The molecule has 0 unspecified atom stereocenters. The van der Waals surface area contributed by atoms with Gasteiger partial charge >= 0.3 is 6.03 Å². The Morgan fingerprint density at radius 1 is 1.32 bits per heavy atom. The fraction of sp³-hybridized carbons (Fsp3) is 0.500. The number of nitrogens with one attached hydrogen (secondary N) is 2. The van der Waals surface area contributed by atoms with Gasteiger partial charge in [-0.1, -0.05) is 23.7 Å². The van der Waals surface area contributed by atoms with Crippen LogP contribution in [0.5, 0.6) is 0 Å². The molecule has 0 radical (unpaired) electrons. The van der Waals surface area contributed by atoms with Crippen molar-refractivity contribution in [1.29, 1.82) is 0 Å². The van der Waals surface area contributed by atoms with Crippen molar-refractivity contribution in [3.63, 3.8) is 0 Å². The lowest BCUT2D eigenvalue weighted by Crippen LogP contribution is -2.51. The summed E-state index contributed by atoms with van der Waals surface area (Å²) in [5.74, 6) is 0.434. The lowest BCUT2D eigenvalue weighted by atomic mass is 9.76. The summed E-state index contributed by atoms with van der Waals surface area (Å²) in [5, 5.41) is 6.44. The molecule has 1 heterocycles. The van der Waals surface area contributed by atoms with Gasteiger partial charge in [0.1, 0.15) is 6.04 Å². The summed E-state index contributed by atoms with van der Waals surface area (Å²) in [6, 6.07) is 7.40. The largest absolute Gasteiger partial charge is 0.344 e. The topological polar surface area (TPSA) is 61.4 Å². The van der Waals surface area contributed by atoms with E-state index in [-0.39, 0.29) is 24.0 Å². The van der Waals surface area contributed by atoms with E-state index in [4.69, 9.17) is 11.6 Å². The van der Waals surface area contributed by atoms with E-state index in [1.807, 2.05) is 18.2 Å². The number of amides is 3. The highest BCUT2D eigenvalue weighted by atomic mass is 35.5. The highest BCUT2D eigenvalue weighted by Crippen LogP contribution is 2.37. The van der Waals surface area contributed by atoms with Gasteiger partial charge in [-0.3, -0.25) is 4.79 Å². The predicted molar refractivity (Wildman–Crippen MR) is 84.9 cm³/mol. The monoisotopic (exact) mass is 321 g/mol. The van der Waals surface area contributed by atoms with Crippen molar-refractivity contribution >= 4 is 23.5 Å². The van der Waals surface area contributed by atoms with Crippen LogP contribution in [0, 0.1) is 0 Å². The highest BCUT2D eigenvalue weighted by molar-refractivity contribution is 6.30. The van der Waals surface area contributed by atoms with Crippen LogP contribution in [-0.4, -0.2) is 42.5 Å². The molecule has 1 aliphatic carbocycles. The summed E-state index contributed by atoms with van der Waals surface area (Å²) in [5.41, 5.74) is 1.22. The molecule has 3 amide bonds. The van der Waals surface area contributed by atoms with E-state index in [9.17, 15) is 9.59 Å². The second-order valence-corrected chi connectivity index (χ2v) is 6.58. The summed E-state index contributed by atoms with van der Waals surface area (Å²) in [4.78, 5) is 25.3. The van der Waals surface area contributed by atoms with E-state index >= 15 is 0 Å². The fourth-order valence-electron chi connectivity index (χ4n) is 3.11. The first-order chi connectivity index (χ1) is 10.5. The lowest BCUT2D eigenvalue weighted by molar-refractivity contribution is -0.128. The van der Waals surface area contributed by atoms with Crippen molar-refractivity contribution in [3.8, 4) is 0 Å². The zero-order chi connectivity index (χ0) is 15.7. The molecular formula is C16H20ClN3O2. The molecule has 118 valence electrons. The third-order valence-electron chi connectivity index (χ3n) is 4.53. The third-order valence-corrected chi connectivity index (χ3v) is 4.76. The number of carbonyl (C=O) groups excluding carboxylic acids is 2. The zero-order valence-electron chi connectivity index (χ0n) is 12.5. The van der Waals surface area contributed by atoms with Crippen LogP contribution >= 0.6 is 11.6 Å². The zero-order valence-corrected chi connectivity index (χ0v) is 13.3. The summed E-state index contributed by atoms with van der Waals surface area (Å²) < 4.78 is 0. The van der Waals surface area contributed by atoms with Crippen LogP contribution < -0.4 is 10.6 Å². The number of likely N-dealkylation sites (tertiary alicyclic amines) is 1. The van der Waals surface area contributed by atoms with Crippen molar-refractivity contribution in [2.24, 2.45) is 0 Å². The Morgan fingerprint density at radius 3 is 2.73 bits per heavy atom. The van der Waals surface area contributed by atoms with Crippen molar-refractivity contribution in [2.45, 2.75) is 37.3 Å². The second-order valence-electron chi connectivity index (χ2n) is 6.14. The van der Waals surface area contributed by atoms with Gasteiger partial charge in [0, 0.05) is 24.7 Å². The molecule has 1 aromatic carbocycles. The summed E-state index contributed by atoms with van der Waals surface area (Å²) >= 11 is 6.00. The van der Waals surface area contributed by atoms with Crippen LogP contribution in [0.2, 0.25) is 5.02 Å². The Bertz CT molecular complexity index is 587. The normalized spacial score (nSPS) is 27.5. The maximum Gasteiger partial charge on any atom is 0.315 e. The van der Waals surface area contributed by atoms with Gasteiger partial charge < -0.3 is 15.5 Å². The number of halogens is 1. The van der Waals surface area contributed by atoms with Crippen LogP contribution in [-0.2, 0) is 4.79 Å². The van der Waals surface area contributed by atoms with Gasteiger partial charge in [0.05, 0.1) is 0 Å². The number of carbonyl (C=O) groups is 2. The molecular weight excluding hydrogens is 302 g/mol. The van der Waals surface area contributed by atoms with Gasteiger partial charge in [-0.2, -0.15) is 0 Å². The van der Waals surface area contributed by atoms with Crippen molar-refractivity contribution in [2.75, 3.05) is 13.6 Å². The van der Waals surface area contributed by atoms with E-state index < -0.39 is 0 Å². The van der Waals surface area contributed by atoms with Gasteiger partial charge in [0.2, 0.25) is 5.91 Å². The molecule has 2 fully saturated rings. The van der Waals surface area contributed by atoms with Crippen LogP contribution in [0.1, 0.15) is 30.7 Å². The van der Waals surface area contributed by atoms with Crippen LogP contribution in [0.15, 0.2) is 24.3 Å². The molecule has 0 aromatic heterocycles. The van der Waals surface area contributed by atoms with Crippen molar-refractivity contribution in [1.82, 2.24) is 15.5 Å². The minimum absolute atomic E-state index is 0.0134. The molecule has 6 heteroatoms. The minimum Gasteiger partial charge on any atom is -0.344 e. The molecule has 2 N–H and O–H groups in total. The van der Waals surface area contributed by atoms with Crippen LogP contribution in [0.3, 0.4) is 0 Å². The predicted octanol–water partition coefficient (Wildman–Crippen LogP) is 2.12. The Kier molecular flexibility index (Phi) is 4.25. The standard InChI is InChI=1S/C16H20ClN3O2/c1-20-6-5-14(15(20)21)19-16(22)18-13-8-11(9-13)10-3-2-4-12(17)7-10/h2-4,7,11,13-14H,5-6,8-9H2,1H3,(H2,18,19,22)/t11?,13?,14-/m0/s1. The number of likely N-dealkylation sites (N-methyl/N-ethyl adjacent to an activating group) is 1. The Labute approximate surface area is 135 Å². The maximum atomic E-state index is 11.9. The SMILES string of the molecule is CN1CC[C@H](NC(=O)NC2CC(c3cccc(Cl)c3)C2)C1=O. The van der Waals surface area contributed by atoms with Crippen molar-refractivity contribution in [3.05, 3.63) is 34.9 Å². The molecule has 5 nitrogen and oxygen atoms in total. The van der Waals surface area contributed by atoms with Gasteiger partial charge in [-0.05, 0) is 42.9 Å². The minimum atomic E-state index is -0.381. The second kappa shape index (κ2) is 6.16. The van der Waals surface area contributed by atoms with Gasteiger partial charge in [0.25, 0.3) is 0 Å². The molecule has 1 saturated heterocycles. The average molecular weight is 322 g/mol. The molecule has 1 atom stereocenters. The lowest BCUT2D eigenvalue weighted by Gasteiger charge is -2.36. The van der Waals surface area contributed by atoms with Gasteiger partial charge in [0.15, 0.2) is 0 Å². The number of urea groups is 1. The van der Waals surface area contributed by atoms with E-state index in [0.29, 0.717) is 18.9 Å². The van der Waals surface area contributed by atoms with Gasteiger partial charge in [-0.25, -0.2) is 4.79 Å². The smallest absolute Gasteiger partial charge is 0.315 e. The van der Waals surface area contributed by atoms with Gasteiger partial charge in [-0.15, -0.1) is 0 Å². The summed E-state index contributed by atoms with van der Waals surface area (Å²) in [6.07, 6.45) is 2.50. The van der Waals surface area contributed by atoms with Crippen molar-refractivity contribution < 1.29 is 9.59 Å². The molecule has 22 heavy (non-hydrogen) atoms. The van der Waals surface area contributed by atoms with E-state index in [1.54, 1.807) is 11.9 Å². The average Bonchev–Trinajstić information content (AvgIpc) is 2.74. The molecule has 1 aromatic rings. The first kappa shape index (κ1) is 15.2. The Balaban J connectivity index is 1.44. The molecule has 0 spiro atoms. The maximum absolute atomic E-state index is 11.9. The molecule has 1 saturated carbocycles. The number of hydrogen-bond acceptors (Lipinski definition) is 2. The summed E-state index contributed by atoms with van der Waals surface area (Å²) in [6.45, 7) is 0.698. The fourth-order valence-corrected chi connectivity index (χ4v) is 3.31.